The Morgan fingerprint density at radius 3 is 2.45 bits per heavy atom. The summed E-state index contributed by atoms with van der Waals surface area (Å²) in [5, 5.41) is 0. The summed E-state index contributed by atoms with van der Waals surface area (Å²) in [6.07, 6.45) is 3.77. The first kappa shape index (κ1) is 13.6. The Kier molecular flexibility index (Phi) is 4.33. The van der Waals surface area contributed by atoms with Crippen molar-refractivity contribution in [2.45, 2.75) is 6.54 Å². The predicted octanol–water partition coefficient (Wildman–Crippen LogP) is 3.17. The van der Waals surface area contributed by atoms with Crippen LogP contribution in [0.1, 0.15) is 5.56 Å². The monoisotopic (exact) mass is 331 g/mol. The van der Waals surface area contributed by atoms with Gasteiger partial charge >= 0.3 is 0 Å². The van der Waals surface area contributed by atoms with Crippen LogP contribution in [0.15, 0.2) is 53.3 Å². The quantitative estimate of drug-likeness (QED) is 0.861. The Hall–Kier alpha value is -1.39. The first-order valence-electron chi connectivity index (χ1n) is 6.93. The molecule has 0 aliphatic carbocycles. The number of aromatic nitrogens is 1. The molecule has 0 unspecified atom stereocenters. The summed E-state index contributed by atoms with van der Waals surface area (Å²) in [5.41, 5.74) is 2.60. The van der Waals surface area contributed by atoms with Gasteiger partial charge in [-0.2, -0.15) is 0 Å². The van der Waals surface area contributed by atoms with Gasteiger partial charge in [0, 0.05) is 43.4 Å². The molecule has 1 aromatic heterocycles. The van der Waals surface area contributed by atoms with Gasteiger partial charge in [0.25, 0.3) is 0 Å². The summed E-state index contributed by atoms with van der Waals surface area (Å²) in [6.45, 7) is 5.37. The Morgan fingerprint density at radius 2 is 1.75 bits per heavy atom. The highest BCUT2D eigenvalue weighted by atomic mass is 79.9. The van der Waals surface area contributed by atoms with Crippen LogP contribution in [-0.4, -0.2) is 36.1 Å². The SMILES string of the molecule is Brc1cncc(N2CCN(Cc3ccccc3)CC2)c1. The Bertz CT molecular complexity index is 551. The van der Waals surface area contributed by atoms with Crippen molar-refractivity contribution in [3.05, 3.63) is 58.8 Å². The molecule has 1 aromatic carbocycles. The van der Waals surface area contributed by atoms with Crippen LogP contribution in [0.5, 0.6) is 0 Å². The molecule has 4 heteroatoms. The molecule has 0 spiro atoms. The lowest BCUT2D eigenvalue weighted by Crippen LogP contribution is -2.46. The summed E-state index contributed by atoms with van der Waals surface area (Å²) >= 11 is 3.49. The average molecular weight is 332 g/mol. The molecule has 1 aliphatic rings. The van der Waals surface area contributed by atoms with Crippen LogP contribution in [0, 0.1) is 0 Å². The fraction of sp³-hybridized carbons (Fsp3) is 0.312. The zero-order valence-electron chi connectivity index (χ0n) is 11.4. The van der Waals surface area contributed by atoms with Gasteiger partial charge in [-0.25, -0.2) is 0 Å². The van der Waals surface area contributed by atoms with Gasteiger partial charge in [-0.15, -0.1) is 0 Å². The molecule has 2 heterocycles. The molecule has 3 nitrogen and oxygen atoms in total. The molecule has 2 aromatic rings. The number of piperazine rings is 1. The molecule has 0 radical (unpaired) electrons. The average Bonchev–Trinajstić information content (AvgIpc) is 2.49. The zero-order valence-corrected chi connectivity index (χ0v) is 13.0. The van der Waals surface area contributed by atoms with Crippen molar-refractivity contribution < 1.29 is 0 Å². The van der Waals surface area contributed by atoms with Gasteiger partial charge in [-0.05, 0) is 27.6 Å². The maximum atomic E-state index is 4.24. The Balaban J connectivity index is 1.57. The van der Waals surface area contributed by atoms with Crippen molar-refractivity contribution in [2.24, 2.45) is 0 Å². The van der Waals surface area contributed by atoms with Crippen LogP contribution in [0.4, 0.5) is 5.69 Å². The van der Waals surface area contributed by atoms with Crippen molar-refractivity contribution in [3.63, 3.8) is 0 Å². The second-order valence-electron chi connectivity index (χ2n) is 5.11. The van der Waals surface area contributed by atoms with E-state index >= 15 is 0 Å². The molecule has 1 aliphatic heterocycles. The van der Waals surface area contributed by atoms with Gasteiger partial charge in [0.15, 0.2) is 0 Å². The van der Waals surface area contributed by atoms with Crippen molar-refractivity contribution >= 4 is 21.6 Å². The smallest absolute Gasteiger partial charge is 0.0564 e. The molecule has 104 valence electrons. The number of halogens is 1. The van der Waals surface area contributed by atoms with E-state index in [9.17, 15) is 0 Å². The number of anilines is 1. The second-order valence-corrected chi connectivity index (χ2v) is 6.03. The van der Waals surface area contributed by atoms with Crippen molar-refractivity contribution in [1.82, 2.24) is 9.88 Å². The summed E-state index contributed by atoms with van der Waals surface area (Å²) in [4.78, 5) is 9.16. The zero-order chi connectivity index (χ0) is 13.8. The maximum absolute atomic E-state index is 4.24. The molecule has 0 atom stereocenters. The normalized spacial score (nSPS) is 16.4. The summed E-state index contributed by atoms with van der Waals surface area (Å²) in [7, 11) is 0. The number of nitrogens with zero attached hydrogens (tertiary/aromatic N) is 3. The molecular formula is C16H18BrN3. The van der Waals surface area contributed by atoms with E-state index in [1.807, 2.05) is 12.4 Å². The third-order valence-corrected chi connectivity index (χ3v) is 4.11. The highest BCUT2D eigenvalue weighted by molar-refractivity contribution is 9.10. The molecule has 0 saturated carbocycles. The van der Waals surface area contributed by atoms with Crippen LogP contribution < -0.4 is 4.90 Å². The van der Waals surface area contributed by atoms with E-state index in [0.29, 0.717) is 0 Å². The fourth-order valence-electron chi connectivity index (χ4n) is 2.58. The third-order valence-electron chi connectivity index (χ3n) is 3.68. The molecule has 20 heavy (non-hydrogen) atoms. The van der Waals surface area contributed by atoms with E-state index in [2.05, 4.69) is 67.1 Å². The van der Waals surface area contributed by atoms with Crippen LogP contribution in [0.3, 0.4) is 0 Å². The first-order valence-corrected chi connectivity index (χ1v) is 7.72. The van der Waals surface area contributed by atoms with Gasteiger partial charge in [0.05, 0.1) is 11.9 Å². The Labute approximate surface area is 128 Å². The van der Waals surface area contributed by atoms with Gasteiger partial charge < -0.3 is 4.90 Å². The summed E-state index contributed by atoms with van der Waals surface area (Å²) in [6, 6.07) is 12.8. The van der Waals surface area contributed by atoms with E-state index in [1.54, 1.807) is 0 Å². The first-order chi connectivity index (χ1) is 9.81. The molecule has 1 fully saturated rings. The van der Waals surface area contributed by atoms with Gasteiger partial charge in [0.1, 0.15) is 0 Å². The van der Waals surface area contributed by atoms with E-state index in [4.69, 9.17) is 0 Å². The molecule has 0 N–H and O–H groups in total. The highest BCUT2D eigenvalue weighted by Gasteiger charge is 2.17. The lowest BCUT2D eigenvalue weighted by atomic mass is 10.2. The van der Waals surface area contributed by atoms with Crippen molar-refractivity contribution in [2.75, 3.05) is 31.1 Å². The largest absolute Gasteiger partial charge is 0.368 e. The predicted molar refractivity (Wildman–Crippen MR) is 85.9 cm³/mol. The Morgan fingerprint density at radius 1 is 1.00 bits per heavy atom. The fourth-order valence-corrected chi connectivity index (χ4v) is 2.93. The number of pyridine rings is 1. The topological polar surface area (TPSA) is 19.4 Å². The minimum atomic E-state index is 1.04. The van der Waals surface area contributed by atoms with Gasteiger partial charge in [-0.1, -0.05) is 30.3 Å². The standard InChI is InChI=1S/C16H18BrN3/c17-15-10-16(12-18-11-15)20-8-6-19(7-9-20)13-14-4-2-1-3-5-14/h1-5,10-12H,6-9,13H2. The lowest BCUT2D eigenvalue weighted by Gasteiger charge is -2.36. The highest BCUT2D eigenvalue weighted by Crippen LogP contribution is 2.20. The van der Waals surface area contributed by atoms with E-state index in [1.165, 1.54) is 11.3 Å². The number of benzene rings is 1. The maximum Gasteiger partial charge on any atom is 0.0564 e. The summed E-state index contributed by atoms with van der Waals surface area (Å²) in [5.74, 6) is 0. The van der Waals surface area contributed by atoms with Crippen molar-refractivity contribution in [3.8, 4) is 0 Å². The molecule has 0 bridgehead atoms. The summed E-state index contributed by atoms with van der Waals surface area (Å²) < 4.78 is 1.04. The van der Waals surface area contributed by atoms with Crippen LogP contribution in [0.2, 0.25) is 0 Å². The third kappa shape index (κ3) is 3.38. The van der Waals surface area contributed by atoms with Gasteiger partial charge in [0.2, 0.25) is 0 Å². The minimum Gasteiger partial charge on any atom is -0.368 e. The van der Waals surface area contributed by atoms with E-state index in [0.717, 1.165) is 37.2 Å². The molecule has 0 amide bonds. The molecule has 3 rings (SSSR count). The van der Waals surface area contributed by atoms with E-state index < -0.39 is 0 Å². The van der Waals surface area contributed by atoms with Gasteiger partial charge in [-0.3, -0.25) is 9.88 Å². The minimum absolute atomic E-state index is 1.04. The number of rotatable bonds is 3. The molecule has 1 saturated heterocycles. The number of hydrogen-bond donors (Lipinski definition) is 0. The second kappa shape index (κ2) is 6.37. The van der Waals surface area contributed by atoms with Crippen molar-refractivity contribution in [1.29, 1.82) is 0 Å². The van der Waals surface area contributed by atoms with Crippen LogP contribution >= 0.6 is 15.9 Å². The van der Waals surface area contributed by atoms with Crippen LogP contribution in [-0.2, 0) is 6.54 Å². The van der Waals surface area contributed by atoms with E-state index in [-0.39, 0.29) is 0 Å². The number of hydrogen-bond acceptors (Lipinski definition) is 3. The molecular weight excluding hydrogens is 314 g/mol. The lowest BCUT2D eigenvalue weighted by molar-refractivity contribution is 0.250. The van der Waals surface area contributed by atoms with Crippen LogP contribution in [0.25, 0.3) is 0 Å².